The molecule has 0 spiro atoms. The van der Waals surface area contributed by atoms with Crippen LogP contribution >= 0.6 is 11.6 Å². The molecule has 0 atom stereocenters. The standard InChI is InChI=1S/C7H6ClN3O/c8-7-9-3-5-4(11-7)1-2-6(12)10-5/h3H,1-2H2,(H,10,12). The van der Waals surface area contributed by atoms with E-state index in [1.54, 1.807) is 0 Å². The topological polar surface area (TPSA) is 54.9 Å². The molecule has 2 heterocycles. The van der Waals surface area contributed by atoms with Crippen LogP contribution in [-0.4, -0.2) is 15.9 Å². The summed E-state index contributed by atoms with van der Waals surface area (Å²) >= 11 is 5.58. The van der Waals surface area contributed by atoms with Gasteiger partial charge in [0.05, 0.1) is 17.6 Å². The van der Waals surface area contributed by atoms with Crippen molar-refractivity contribution in [3.63, 3.8) is 0 Å². The molecule has 0 saturated heterocycles. The molecule has 1 aromatic heterocycles. The van der Waals surface area contributed by atoms with E-state index in [4.69, 9.17) is 11.6 Å². The van der Waals surface area contributed by atoms with Crippen molar-refractivity contribution in [1.29, 1.82) is 0 Å². The van der Waals surface area contributed by atoms with Gasteiger partial charge in [0.1, 0.15) is 0 Å². The van der Waals surface area contributed by atoms with Gasteiger partial charge in [0.15, 0.2) is 0 Å². The van der Waals surface area contributed by atoms with E-state index in [9.17, 15) is 4.79 Å². The second kappa shape index (κ2) is 2.71. The highest BCUT2D eigenvalue weighted by atomic mass is 35.5. The van der Waals surface area contributed by atoms with Crippen LogP contribution in [0.4, 0.5) is 5.69 Å². The highest BCUT2D eigenvalue weighted by molar-refractivity contribution is 6.28. The first-order chi connectivity index (χ1) is 5.75. The maximum Gasteiger partial charge on any atom is 0.224 e. The second-order valence-electron chi connectivity index (χ2n) is 2.55. The van der Waals surface area contributed by atoms with Crippen molar-refractivity contribution in [2.45, 2.75) is 12.8 Å². The fraction of sp³-hybridized carbons (Fsp3) is 0.286. The third kappa shape index (κ3) is 1.25. The molecular weight excluding hydrogens is 178 g/mol. The van der Waals surface area contributed by atoms with Gasteiger partial charge in [0.25, 0.3) is 0 Å². The summed E-state index contributed by atoms with van der Waals surface area (Å²) in [5.41, 5.74) is 1.49. The van der Waals surface area contributed by atoms with Crippen LogP contribution < -0.4 is 5.32 Å². The largest absolute Gasteiger partial charge is 0.323 e. The van der Waals surface area contributed by atoms with Crippen molar-refractivity contribution in [2.24, 2.45) is 0 Å². The maximum atomic E-state index is 10.9. The lowest BCUT2D eigenvalue weighted by Gasteiger charge is -2.14. The lowest BCUT2D eigenvalue weighted by molar-refractivity contribution is -0.116. The summed E-state index contributed by atoms with van der Waals surface area (Å²) in [6.45, 7) is 0. The van der Waals surface area contributed by atoms with Crippen LogP contribution in [-0.2, 0) is 11.2 Å². The highest BCUT2D eigenvalue weighted by Gasteiger charge is 2.15. The lowest BCUT2D eigenvalue weighted by atomic mass is 10.1. The summed E-state index contributed by atoms with van der Waals surface area (Å²) in [6.07, 6.45) is 2.64. The number of carbonyl (C=O) groups is 1. The predicted molar refractivity (Wildman–Crippen MR) is 44.0 cm³/mol. The number of aryl methyl sites for hydroxylation is 1. The second-order valence-corrected chi connectivity index (χ2v) is 2.89. The molecule has 1 aliphatic heterocycles. The molecule has 0 fully saturated rings. The molecule has 5 heteroatoms. The minimum Gasteiger partial charge on any atom is -0.323 e. The summed E-state index contributed by atoms with van der Waals surface area (Å²) in [7, 11) is 0. The molecule has 2 rings (SSSR count). The number of nitrogens with zero attached hydrogens (tertiary/aromatic N) is 2. The van der Waals surface area contributed by atoms with Gasteiger partial charge in [-0.25, -0.2) is 9.97 Å². The third-order valence-electron chi connectivity index (χ3n) is 1.70. The molecule has 1 aliphatic rings. The minimum atomic E-state index is 0.00780. The van der Waals surface area contributed by atoms with E-state index < -0.39 is 0 Å². The number of aromatic nitrogens is 2. The van der Waals surface area contributed by atoms with Crippen molar-refractivity contribution in [2.75, 3.05) is 5.32 Å². The highest BCUT2D eigenvalue weighted by Crippen LogP contribution is 2.19. The summed E-state index contributed by atoms with van der Waals surface area (Å²) in [6, 6.07) is 0. The summed E-state index contributed by atoms with van der Waals surface area (Å²) in [4.78, 5) is 18.7. The molecule has 4 nitrogen and oxygen atoms in total. The van der Waals surface area contributed by atoms with Gasteiger partial charge in [-0.2, -0.15) is 0 Å². The van der Waals surface area contributed by atoms with E-state index in [1.165, 1.54) is 6.20 Å². The molecule has 0 aromatic carbocycles. The van der Waals surface area contributed by atoms with Crippen LogP contribution in [0.3, 0.4) is 0 Å². The van der Waals surface area contributed by atoms with Crippen molar-refractivity contribution in [3.8, 4) is 0 Å². The Bertz CT molecular complexity index is 339. The number of anilines is 1. The Kier molecular flexibility index (Phi) is 1.69. The van der Waals surface area contributed by atoms with Crippen molar-refractivity contribution in [3.05, 3.63) is 17.2 Å². The Balaban J connectivity index is 2.43. The average molecular weight is 184 g/mol. The summed E-state index contributed by atoms with van der Waals surface area (Å²) in [5, 5.41) is 2.89. The zero-order valence-electron chi connectivity index (χ0n) is 6.17. The molecule has 0 unspecified atom stereocenters. The van der Waals surface area contributed by atoms with Gasteiger partial charge in [-0.05, 0) is 11.6 Å². The van der Waals surface area contributed by atoms with Crippen molar-refractivity contribution >= 4 is 23.2 Å². The maximum absolute atomic E-state index is 10.9. The molecule has 1 N–H and O–H groups in total. The number of hydrogen-bond donors (Lipinski definition) is 1. The number of nitrogens with one attached hydrogen (secondary N) is 1. The Morgan fingerprint density at radius 1 is 1.50 bits per heavy atom. The van der Waals surface area contributed by atoms with Gasteiger partial charge >= 0.3 is 0 Å². The first kappa shape index (κ1) is 7.49. The molecule has 0 aliphatic carbocycles. The van der Waals surface area contributed by atoms with E-state index in [0.29, 0.717) is 18.5 Å². The van der Waals surface area contributed by atoms with E-state index in [0.717, 1.165) is 5.69 Å². The van der Waals surface area contributed by atoms with Gasteiger partial charge in [0, 0.05) is 12.8 Å². The van der Waals surface area contributed by atoms with Gasteiger partial charge < -0.3 is 5.32 Å². The van der Waals surface area contributed by atoms with Crippen LogP contribution in [0.1, 0.15) is 12.1 Å². The van der Waals surface area contributed by atoms with E-state index in [1.807, 2.05) is 0 Å². The SMILES string of the molecule is O=C1CCc2nc(Cl)ncc2N1. The Morgan fingerprint density at radius 3 is 3.17 bits per heavy atom. The number of amides is 1. The number of carbonyl (C=O) groups excluding carboxylic acids is 1. The molecule has 1 aromatic rings. The monoisotopic (exact) mass is 183 g/mol. The smallest absolute Gasteiger partial charge is 0.224 e. The first-order valence-electron chi connectivity index (χ1n) is 3.57. The zero-order valence-corrected chi connectivity index (χ0v) is 6.93. The van der Waals surface area contributed by atoms with Crippen molar-refractivity contribution < 1.29 is 4.79 Å². The quantitative estimate of drug-likeness (QED) is 0.611. The number of hydrogen-bond acceptors (Lipinski definition) is 3. The Morgan fingerprint density at radius 2 is 2.33 bits per heavy atom. The van der Waals surface area contributed by atoms with Crippen LogP contribution in [0, 0.1) is 0 Å². The molecule has 1 amide bonds. The fourth-order valence-corrected chi connectivity index (χ4v) is 1.28. The van der Waals surface area contributed by atoms with Crippen LogP contribution in [0.25, 0.3) is 0 Å². The fourth-order valence-electron chi connectivity index (χ4n) is 1.13. The predicted octanol–water partition coefficient (Wildman–Crippen LogP) is 1.01. The van der Waals surface area contributed by atoms with Gasteiger partial charge in [-0.1, -0.05) is 0 Å². The van der Waals surface area contributed by atoms with Gasteiger partial charge in [-0.15, -0.1) is 0 Å². The molecule has 0 radical (unpaired) electrons. The molecule has 12 heavy (non-hydrogen) atoms. The van der Waals surface area contributed by atoms with E-state index >= 15 is 0 Å². The normalized spacial score (nSPS) is 15.2. The molecule has 62 valence electrons. The number of rotatable bonds is 0. The average Bonchev–Trinajstić information content (AvgIpc) is 2.05. The molecular formula is C7H6ClN3O. The van der Waals surface area contributed by atoms with Gasteiger partial charge in [-0.3, -0.25) is 4.79 Å². The van der Waals surface area contributed by atoms with Crippen molar-refractivity contribution in [1.82, 2.24) is 9.97 Å². The summed E-state index contributed by atoms with van der Waals surface area (Å²) < 4.78 is 0. The van der Waals surface area contributed by atoms with Crippen LogP contribution in [0.2, 0.25) is 5.28 Å². The van der Waals surface area contributed by atoms with Crippen LogP contribution in [0.15, 0.2) is 6.20 Å². The Hall–Kier alpha value is -1.16. The van der Waals surface area contributed by atoms with E-state index in [-0.39, 0.29) is 11.2 Å². The Labute approximate surface area is 74.0 Å². The number of halogens is 1. The van der Waals surface area contributed by atoms with E-state index in [2.05, 4.69) is 15.3 Å². The third-order valence-corrected chi connectivity index (χ3v) is 1.88. The van der Waals surface area contributed by atoms with Gasteiger partial charge in [0.2, 0.25) is 11.2 Å². The lowest BCUT2D eigenvalue weighted by Crippen LogP contribution is -2.20. The zero-order chi connectivity index (χ0) is 8.55. The molecule has 0 bridgehead atoms. The number of fused-ring (bicyclic) bond motifs is 1. The minimum absolute atomic E-state index is 0.00780. The van der Waals surface area contributed by atoms with Crippen LogP contribution in [0.5, 0.6) is 0 Å². The first-order valence-corrected chi connectivity index (χ1v) is 3.95. The molecule has 0 saturated carbocycles. The summed E-state index contributed by atoms with van der Waals surface area (Å²) in [5.74, 6) is 0.00780.